The number of nitrogens with one attached hydrogen (secondary N) is 1. The number of carbonyl (C=O) groups is 2. The number of hydrogen-bond acceptors (Lipinski definition) is 2. The second-order valence-electron chi connectivity index (χ2n) is 6.77. The van der Waals surface area contributed by atoms with Gasteiger partial charge in [0.2, 0.25) is 0 Å². The minimum absolute atomic E-state index is 0.0469. The van der Waals surface area contributed by atoms with Crippen molar-refractivity contribution in [3.63, 3.8) is 0 Å². The number of para-hydroxylation sites is 1. The minimum Gasteiger partial charge on any atom is -0.480 e. The molecule has 1 aromatic carbocycles. The van der Waals surface area contributed by atoms with Crippen LogP contribution in [0.1, 0.15) is 42.6 Å². The number of amides is 1. The van der Waals surface area contributed by atoms with Crippen molar-refractivity contribution < 1.29 is 14.7 Å². The number of hydrogen-bond donors (Lipinski definition) is 2. The third-order valence-electron chi connectivity index (χ3n) is 5.46. The Bertz CT molecular complexity index is 816. The molecule has 2 aromatic rings. The molecular formula is C18H19BrN2O3. The van der Waals surface area contributed by atoms with Crippen LogP contribution in [-0.2, 0) is 4.79 Å². The SMILES string of the molecule is O=C(O)C1CC2CCCCC2N1C(=O)c1[nH]c2ccccc2c1Br. The molecule has 126 valence electrons. The second kappa shape index (κ2) is 5.92. The van der Waals surface area contributed by atoms with Crippen molar-refractivity contribution in [2.75, 3.05) is 0 Å². The third-order valence-corrected chi connectivity index (χ3v) is 6.29. The number of likely N-dealkylation sites (tertiary alicyclic amines) is 1. The summed E-state index contributed by atoms with van der Waals surface area (Å²) >= 11 is 3.52. The van der Waals surface area contributed by atoms with Crippen molar-refractivity contribution in [1.29, 1.82) is 0 Å². The Morgan fingerprint density at radius 1 is 1.21 bits per heavy atom. The number of aliphatic carboxylic acids is 1. The highest BCUT2D eigenvalue weighted by molar-refractivity contribution is 9.10. The van der Waals surface area contributed by atoms with E-state index in [1.807, 2.05) is 24.3 Å². The molecule has 3 unspecified atom stereocenters. The normalized spacial score (nSPS) is 26.5. The lowest BCUT2D eigenvalue weighted by Gasteiger charge is -2.32. The van der Waals surface area contributed by atoms with Gasteiger partial charge < -0.3 is 15.0 Å². The molecule has 2 N–H and O–H groups in total. The summed E-state index contributed by atoms with van der Waals surface area (Å²) < 4.78 is 0.714. The van der Waals surface area contributed by atoms with E-state index in [-0.39, 0.29) is 11.9 Å². The first kappa shape index (κ1) is 15.7. The number of benzene rings is 1. The number of H-pyrrole nitrogens is 1. The highest BCUT2D eigenvalue weighted by Gasteiger charge is 2.48. The summed E-state index contributed by atoms with van der Waals surface area (Å²) in [4.78, 5) is 29.7. The Morgan fingerprint density at radius 3 is 2.71 bits per heavy atom. The van der Waals surface area contributed by atoms with Crippen LogP contribution in [0.4, 0.5) is 0 Å². The van der Waals surface area contributed by atoms with Gasteiger partial charge in [-0.3, -0.25) is 4.79 Å². The van der Waals surface area contributed by atoms with E-state index in [2.05, 4.69) is 20.9 Å². The average Bonchev–Trinajstić information content (AvgIpc) is 3.13. The van der Waals surface area contributed by atoms with E-state index in [1.165, 1.54) is 0 Å². The number of nitrogens with zero attached hydrogens (tertiary/aromatic N) is 1. The molecule has 5 nitrogen and oxygen atoms in total. The number of aromatic nitrogens is 1. The van der Waals surface area contributed by atoms with Crippen LogP contribution in [0.5, 0.6) is 0 Å². The van der Waals surface area contributed by atoms with E-state index < -0.39 is 12.0 Å². The van der Waals surface area contributed by atoms with Gasteiger partial charge in [-0.05, 0) is 47.2 Å². The van der Waals surface area contributed by atoms with Gasteiger partial charge in [-0.25, -0.2) is 4.79 Å². The van der Waals surface area contributed by atoms with Gasteiger partial charge in [-0.1, -0.05) is 31.0 Å². The first-order valence-corrected chi connectivity index (χ1v) is 9.19. The number of carboxylic acids is 1. The molecule has 2 fully saturated rings. The number of carboxylic acid groups (broad SMARTS) is 1. The summed E-state index contributed by atoms with van der Waals surface area (Å²) in [5, 5.41) is 10.6. The van der Waals surface area contributed by atoms with Crippen molar-refractivity contribution in [3.05, 3.63) is 34.4 Å². The largest absolute Gasteiger partial charge is 0.480 e. The summed E-state index contributed by atoms with van der Waals surface area (Å²) in [5.41, 5.74) is 1.33. The second-order valence-corrected chi connectivity index (χ2v) is 7.57. The topological polar surface area (TPSA) is 73.4 Å². The molecular weight excluding hydrogens is 372 g/mol. The molecule has 3 atom stereocenters. The first-order chi connectivity index (χ1) is 11.6. The van der Waals surface area contributed by atoms with Crippen LogP contribution in [0, 0.1) is 5.92 Å². The van der Waals surface area contributed by atoms with Crippen LogP contribution in [0.3, 0.4) is 0 Å². The van der Waals surface area contributed by atoms with Gasteiger partial charge in [0.05, 0.1) is 4.47 Å². The zero-order chi connectivity index (χ0) is 16.8. The third kappa shape index (κ3) is 2.35. The fourth-order valence-corrected chi connectivity index (χ4v) is 4.97. The number of carbonyl (C=O) groups excluding carboxylic acids is 1. The van der Waals surface area contributed by atoms with Gasteiger partial charge in [0.25, 0.3) is 5.91 Å². The summed E-state index contributed by atoms with van der Waals surface area (Å²) in [5.74, 6) is -0.795. The van der Waals surface area contributed by atoms with Crippen LogP contribution in [0.25, 0.3) is 10.9 Å². The van der Waals surface area contributed by atoms with Crippen LogP contribution in [-0.4, -0.2) is 39.0 Å². The maximum Gasteiger partial charge on any atom is 0.326 e. The van der Waals surface area contributed by atoms with Crippen LogP contribution in [0.2, 0.25) is 0 Å². The van der Waals surface area contributed by atoms with E-state index in [9.17, 15) is 14.7 Å². The molecule has 1 saturated carbocycles. The molecule has 1 amide bonds. The standard InChI is InChI=1S/C18H19BrN2O3/c19-15-11-6-2-3-7-12(11)20-16(15)17(22)21-13-8-4-1-5-10(13)9-14(21)18(23)24/h2-3,6-7,10,13-14,20H,1,4-5,8-9H2,(H,23,24). The lowest BCUT2D eigenvalue weighted by Crippen LogP contribution is -2.46. The molecule has 24 heavy (non-hydrogen) atoms. The van der Waals surface area contributed by atoms with Crippen molar-refractivity contribution >= 4 is 38.7 Å². The fraction of sp³-hybridized carbons (Fsp3) is 0.444. The highest BCUT2D eigenvalue weighted by atomic mass is 79.9. The Labute approximate surface area is 148 Å². The maximum atomic E-state index is 13.2. The molecule has 0 spiro atoms. The molecule has 2 heterocycles. The molecule has 1 saturated heterocycles. The quantitative estimate of drug-likeness (QED) is 0.818. The van der Waals surface area contributed by atoms with E-state index in [1.54, 1.807) is 4.90 Å². The Balaban J connectivity index is 1.75. The van der Waals surface area contributed by atoms with Crippen LogP contribution in [0.15, 0.2) is 28.7 Å². The van der Waals surface area contributed by atoms with Gasteiger partial charge in [0, 0.05) is 16.9 Å². The van der Waals surface area contributed by atoms with Gasteiger partial charge in [0.1, 0.15) is 11.7 Å². The van der Waals surface area contributed by atoms with Crippen molar-refractivity contribution in [2.45, 2.75) is 44.2 Å². The summed E-state index contributed by atoms with van der Waals surface area (Å²) in [6.45, 7) is 0. The van der Waals surface area contributed by atoms with E-state index >= 15 is 0 Å². The summed E-state index contributed by atoms with van der Waals surface area (Å²) in [6, 6.07) is 7.01. The fourth-order valence-electron chi connectivity index (χ4n) is 4.36. The van der Waals surface area contributed by atoms with Crippen LogP contribution >= 0.6 is 15.9 Å². The number of fused-ring (bicyclic) bond motifs is 2. The number of rotatable bonds is 2. The smallest absolute Gasteiger partial charge is 0.326 e. The predicted octanol–water partition coefficient (Wildman–Crippen LogP) is 3.79. The summed E-state index contributed by atoms with van der Waals surface area (Å²) in [7, 11) is 0. The molecule has 6 heteroatoms. The minimum atomic E-state index is -0.898. The van der Waals surface area contributed by atoms with Crippen molar-refractivity contribution in [1.82, 2.24) is 9.88 Å². The molecule has 4 rings (SSSR count). The first-order valence-electron chi connectivity index (χ1n) is 8.39. The molecule has 2 aliphatic rings. The monoisotopic (exact) mass is 390 g/mol. The van der Waals surface area contributed by atoms with Gasteiger partial charge in [-0.15, -0.1) is 0 Å². The van der Waals surface area contributed by atoms with E-state index in [4.69, 9.17) is 0 Å². The zero-order valence-corrected chi connectivity index (χ0v) is 14.8. The van der Waals surface area contributed by atoms with Crippen molar-refractivity contribution in [2.24, 2.45) is 5.92 Å². The molecule has 0 radical (unpaired) electrons. The van der Waals surface area contributed by atoms with E-state index in [0.717, 1.165) is 36.6 Å². The molecule has 1 aromatic heterocycles. The molecule has 0 bridgehead atoms. The molecule has 1 aliphatic carbocycles. The number of aromatic amines is 1. The highest BCUT2D eigenvalue weighted by Crippen LogP contribution is 2.41. The Morgan fingerprint density at radius 2 is 1.96 bits per heavy atom. The van der Waals surface area contributed by atoms with Gasteiger partial charge in [-0.2, -0.15) is 0 Å². The number of halogens is 1. The predicted molar refractivity (Wildman–Crippen MR) is 94.0 cm³/mol. The summed E-state index contributed by atoms with van der Waals surface area (Å²) in [6.07, 6.45) is 4.69. The van der Waals surface area contributed by atoms with Crippen molar-refractivity contribution in [3.8, 4) is 0 Å². The maximum absolute atomic E-state index is 13.2. The van der Waals surface area contributed by atoms with Gasteiger partial charge in [0.15, 0.2) is 0 Å². The van der Waals surface area contributed by atoms with Gasteiger partial charge >= 0.3 is 5.97 Å². The van der Waals surface area contributed by atoms with Crippen LogP contribution < -0.4 is 0 Å². The lowest BCUT2D eigenvalue weighted by molar-refractivity contribution is -0.141. The molecule has 1 aliphatic heterocycles. The lowest BCUT2D eigenvalue weighted by atomic mass is 9.84. The Kier molecular flexibility index (Phi) is 3.87. The Hall–Kier alpha value is -1.82. The average molecular weight is 391 g/mol. The zero-order valence-electron chi connectivity index (χ0n) is 13.2. The van der Waals surface area contributed by atoms with E-state index in [0.29, 0.717) is 22.5 Å².